The van der Waals surface area contributed by atoms with Gasteiger partial charge in [-0.2, -0.15) is 0 Å². The highest BCUT2D eigenvalue weighted by Gasteiger charge is 2.23. The lowest BCUT2D eigenvalue weighted by Crippen LogP contribution is -2.46. The zero-order valence-electron chi connectivity index (χ0n) is 18.6. The maximum atomic E-state index is 11.3. The minimum Gasteiger partial charge on any atom is -0.492 e. The highest BCUT2D eigenvalue weighted by atomic mass is 127. The number of carbonyl (C=O) groups excluding carboxylic acids is 1. The zero-order chi connectivity index (χ0) is 21.1. The number of aliphatic imine (C=N–C) groups is 1. The average Bonchev–Trinajstić information content (AvgIpc) is 2.72. The molecule has 1 atom stereocenters. The van der Waals surface area contributed by atoms with Gasteiger partial charge in [-0.05, 0) is 37.9 Å². The number of piperidine rings is 1. The van der Waals surface area contributed by atoms with E-state index >= 15 is 0 Å². The number of primary amides is 1. The molecule has 1 saturated heterocycles. The van der Waals surface area contributed by atoms with Gasteiger partial charge in [-0.1, -0.05) is 32.0 Å². The number of hydrogen-bond acceptors (Lipinski definition) is 4. The summed E-state index contributed by atoms with van der Waals surface area (Å²) in [6.07, 6.45) is 2.53. The standard InChI is InChI=1S/C22H37N5O2.HI/c1-4-26(5-2)13-14-29-20-11-7-6-10-19(20)16-25-22(24-3)27-12-8-9-18(17-27)15-21(23)28;/h6-7,10-11,18H,4-5,8-9,12-17H2,1-3H3,(H2,23,28)(H,24,25);1H. The van der Waals surface area contributed by atoms with Crippen LogP contribution in [0.15, 0.2) is 29.3 Å². The molecule has 8 heteroatoms. The van der Waals surface area contributed by atoms with E-state index in [9.17, 15) is 4.79 Å². The summed E-state index contributed by atoms with van der Waals surface area (Å²) in [4.78, 5) is 20.3. The topological polar surface area (TPSA) is 83.2 Å². The molecule has 1 aromatic carbocycles. The van der Waals surface area contributed by atoms with E-state index in [1.54, 1.807) is 7.05 Å². The number of ether oxygens (including phenoxy) is 1. The fraction of sp³-hybridized carbons (Fsp3) is 0.636. The molecular formula is C22H38IN5O2. The molecular weight excluding hydrogens is 493 g/mol. The van der Waals surface area contributed by atoms with Gasteiger partial charge in [-0.15, -0.1) is 24.0 Å². The molecule has 1 aliphatic rings. The Morgan fingerprint density at radius 2 is 2.07 bits per heavy atom. The van der Waals surface area contributed by atoms with Crippen molar-refractivity contribution in [1.29, 1.82) is 0 Å². The molecule has 170 valence electrons. The van der Waals surface area contributed by atoms with Gasteiger partial charge in [0.1, 0.15) is 12.4 Å². The average molecular weight is 531 g/mol. The van der Waals surface area contributed by atoms with Crippen molar-refractivity contribution < 1.29 is 9.53 Å². The van der Waals surface area contributed by atoms with Crippen molar-refractivity contribution >= 4 is 35.8 Å². The molecule has 0 radical (unpaired) electrons. The fourth-order valence-electron chi connectivity index (χ4n) is 3.83. The van der Waals surface area contributed by atoms with Gasteiger partial charge in [-0.25, -0.2) is 0 Å². The smallest absolute Gasteiger partial charge is 0.217 e. The number of nitrogens with zero attached hydrogens (tertiary/aromatic N) is 3. The van der Waals surface area contributed by atoms with E-state index in [-0.39, 0.29) is 29.9 Å². The molecule has 1 fully saturated rings. The molecule has 1 amide bonds. The maximum absolute atomic E-state index is 11.3. The van der Waals surface area contributed by atoms with E-state index in [2.05, 4.69) is 40.0 Å². The molecule has 0 aliphatic carbocycles. The van der Waals surface area contributed by atoms with Crippen molar-refractivity contribution in [1.82, 2.24) is 15.1 Å². The molecule has 30 heavy (non-hydrogen) atoms. The molecule has 1 aliphatic heterocycles. The summed E-state index contributed by atoms with van der Waals surface area (Å²) in [5, 5.41) is 3.46. The third-order valence-corrected chi connectivity index (χ3v) is 5.49. The number of halogens is 1. The highest BCUT2D eigenvalue weighted by molar-refractivity contribution is 14.0. The molecule has 3 N–H and O–H groups in total. The van der Waals surface area contributed by atoms with Crippen LogP contribution in [0.25, 0.3) is 0 Å². The van der Waals surface area contributed by atoms with Gasteiger partial charge in [0.05, 0.1) is 0 Å². The summed E-state index contributed by atoms with van der Waals surface area (Å²) in [6, 6.07) is 8.13. The molecule has 2 rings (SSSR count). The normalized spacial score (nSPS) is 16.9. The van der Waals surface area contributed by atoms with E-state index in [4.69, 9.17) is 10.5 Å². The van der Waals surface area contributed by atoms with Crippen LogP contribution in [-0.2, 0) is 11.3 Å². The minimum atomic E-state index is -0.226. The van der Waals surface area contributed by atoms with Crippen LogP contribution in [-0.4, -0.2) is 68.0 Å². The van der Waals surface area contributed by atoms with Gasteiger partial charge in [-0.3, -0.25) is 9.79 Å². The summed E-state index contributed by atoms with van der Waals surface area (Å²) < 4.78 is 6.06. The number of para-hydroxylation sites is 1. The second-order valence-corrected chi connectivity index (χ2v) is 7.51. The molecule has 1 heterocycles. The van der Waals surface area contributed by atoms with Crippen LogP contribution < -0.4 is 15.8 Å². The van der Waals surface area contributed by atoms with Gasteiger partial charge in [0.2, 0.25) is 5.91 Å². The fourth-order valence-corrected chi connectivity index (χ4v) is 3.83. The Morgan fingerprint density at radius 1 is 1.33 bits per heavy atom. The molecule has 0 spiro atoms. The number of nitrogens with one attached hydrogen (secondary N) is 1. The molecule has 7 nitrogen and oxygen atoms in total. The summed E-state index contributed by atoms with van der Waals surface area (Å²) in [5.41, 5.74) is 6.49. The van der Waals surface area contributed by atoms with Crippen LogP contribution in [0.2, 0.25) is 0 Å². The second kappa shape index (κ2) is 14.5. The minimum absolute atomic E-state index is 0. The Kier molecular flexibility index (Phi) is 12.8. The van der Waals surface area contributed by atoms with Crippen molar-refractivity contribution in [2.24, 2.45) is 16.6 Å². The first-order chi connectivity index (χ1) is 14.1. The second-order valence-electron chi connectivity index (χ2n) is 7.51. The Morgan fingerprint density at radius 3 is 2.73 bits per heavy atom. The van der Waals surface area contributed by atoms with Crippen molar-refractivity contribution in [3.63, 3.8) is 0 Å². The van der Waals surface area contributed by atoms with E-state index in [0.29, 0.717) is 25.5 Å². The lowest BCUT2D eigenvalue weighted by molar-refractivity contribution is -0.119. The number of benzene rings is 1. The molecule has 0 bridgehead atoms. The lowest BCUT2D eigenvalue weighted by atomic mass is 9.95. The first-order valence-corrected chi connectivity index (χ1v) is 10.7. The van der Waals surface area contributed by atoms with Gasteiger partial charge in [0.15, 0.2) is 5.96 Å². The van der Waals surface area contributed by atoms with Crippen molar-refractivity contribution in [2.45, 2.75) is 39.7 Å². The predicted octanol–water partition coefficient (Wildman–Crippen LogP) is 2.69. The van der Waals surface area contributed by atoms with Gasteiger partial charge in [0.25, 0.3) is 0 Å². The molecule has 0 saturated carbocycles. The number of rotatable bonds is 10. The van der Waals surface area contributed by atoms with Crippen LogP contribution in [0.1, 0.15) is 38.7 Å². The number of nitrogens with two attached hydrogens (primary N) is 1. The monoisotopic (exact) mass is 531 g/mol. The third-order valence-electron chi connectivity index (χ3n) is 5.49. The third kappa shape index (κ3) is 8.67. The highest BCUT2D eigenvalue weighted by Crippen LogP contribution is 2.21. The molecule has 0 aromatic heterocycles. The number of guanidine groups is 1. The largest absolute Gasteiger partial charge is 0.492 e. The van der Waals surface area contributed by atoms with Crippen LogP contribution in [0.4, 0.5) is 0 Å². The van der Waals surface area contributed by atoms with Gasteiger partial charge in [0, 0.05) is 45.2 Å². The lowest BCUT2D eigenvalue weighted by Gasteiger charge is -2.34. The Hall–Kier alpha value is -1.55. The van der Waals surface area contributed by atoms with Gasteiger partial charge < -0.3 is 25.6 Å². The summed E-state index contributed by atoms with van der Waals surface area (Å²) in [5.74, 6) is 1.84. The van der Waals surface area contributed by atoms with E-state index in [1.807, 2.05) is 18.2 Å². The van der Waals surface area contributed by atoms with Crippen molar-refractivity contribution in [2.75, 3.05) is 46.4 Å². The van der Waals surface area contributed by atoms with Crippen LogP contribution in [0, 0.1) is 5.92 Å². The van der Waals surface area contributed by atoms with Crippen molar-refractivity contribution in [3.05, 3.63) is 29.8 Å². The molecule has 1 unspecified atom stereocenters. The van der Waals surface area contributed by atoms with Crippen LogP contribution in [0.3, 0.4) is 0 Å². The first-order valence-electron chi connectivity index (χ1n) is 10.7. The summed E-state index contributed by atoms with van der Waals surface area (Å²) in [6.45, 7) is 10.4. The van der Waals surface area contributed by atoms with Gasteiger partial charge >= 0.3 is 0 Å². The number of hydrogen-bond donors (Lipinski definition) is 2. The van der Waals surface area contributed by atoms with Crippen LogP contribution >= 0.6 is 24.0 Å². The number of amides is 1. The first kappa shape index (κ1) is 26.5. The number of likely N-dealkylation sites (N-methyl/N-ethyl adjacent to an activating group) is 1. The van der Waals surface area contributed by atoms with E-state index in [0.717, 1.165) is 62.8 Å². The summed E-state index contributed by atoms with van der Waals surface area (Å²) >= 11 is 0. The quantitative estimate of drug-likeness (QED) is 0.276. The van der Waals surface area contributed by atoms with Crippen molar-refractivity contribution in [3.8, 4) is 5.75 Å². The number of carbonyl (C=O) groups is 1. The predicted molar refractivity (Wildman–Crippen MR) is 133 cm³/mol. The van der Waals surface area contributed by atoms with E-state index in [1.165, 1.54) is 0 Å². The summed E-state index contributed by atoms with van der Waals surface area (Å²) in [7, 11) is 1.80. The Balaban J connectivity index is 0.00000450. The number of likely N-dealkylation sites (tertiary alicyclic amines) is 1. The SMILES string of the molecule is CCN(CC)CCOc1ccccc1CNC(=NC)N1CCCC(CC(N)=O)C1.I. The maximum Gasteiger partial charge on any atom is 0.217 e. The molecule has 1 aromatic rings. The van der Waals surface area contributed by atoms with Crippen LogP contribution in [0.5, 0.6) is 5.75 Å². The Labute approximate surface area is 198 Å². The zero-order valence-corrected chi connectivity index (χ0v) is 20.9. The Bertz CT molecular complexity index is 667. The van der Waals surface area contributed by atoms with E-state index < -0.39 is 0 Å².